The number of aryl methyl sites for hydroxylation is 1. The summed E-state index contributed by atoms with van der Waals surface area (Å²) in [7, 11) is 0. The molecule has 7 nitrogen and oxygen atoms in total. The molecule has 164 valence electrons. The van der Waals surface area contributed by atoms with Gasteiger partial charge in [0, 0.05) is 10.7 Å². The second-order valence-corrected chi connectivity index (χ2v) is 8.24. The van der Waals surface area contributed by atoms with Crippen molar-refractivity contribution in [2.45, 2.75) is 20.1 Å². The molecule has 0 bridgehead atoms. The standard InChI is InChI=1S/C22H17BrClFN4O3/c1-13-18(12-31-17-8-6-16(25)7-9-17)20(28-32-13)22(30)26-21-19(24)11-29(27-21)10-14-2-4-15(23)5-3-14/h2-9,11H,10,12H2,1H3,(H,26,27,30). The van der Waals surface area contributed by atoms with Gasteiger partial charge in [0.05, 0.1) is 12.1 Å². The third kappa shape index (κ3) is 5.17. The number of aromatic nitrogens is 3. The molecule has 0 fully saturated rings. The molecule has 0 aliphatic rings. The van der Waals surface area contributed by atoms with Crippen LogP contribution in [0.25, 0.3) is 0 Å². The Morgan fingerprint density at radius 3 is 2.66 bits per heavy atom. The van der Waals surface area contributed by atoms with Crippen LogP contribution in [0.4, 0.5) is 10.2 Å². The predicted octanol–water partition coefficient (Wildman–Crippen LogP) is 5.61. The first-order valence-corrected chi connectivity index (χ1v) is 10.7. The third-order valence-electron chi connectivity index (χ3n) is 4.60. The number of hydrogen-bond acceptors (Lipinski definition) is 5. The lowest BCUT2D eigenvalue weighted by molar-refractivity contribution is 0.101. The number of amides is 1. The van der Waals surface area contributed by atoms with Crippen LogP contribution < -0.4 is 10.1 Å². The number of nitrogens with one attached hydrogen (secondary N) is 1. The highest BCUT2D eigenvalue weighted by Crippen LogP contribution is 2.23. The first kappa shape index (κ1) is 22.0. The fourth-order valence-corrected chi connectivity index (χ4v) is 3.39. The van der Waals surface area contributed by atoms with Crippen LogP contribution in [0.3, 0.4) is 0 Å². The van der Waals surface area contributed by atoms with Crippen LogP contribution >= 0.6 is 27.5 Å². The maximum Gasteiger partial charge on any atom is 0.279 e. The molecule has 2 aromatic carbocycles. The molecule has 0 radical (unpaired) electrons. The van der Waals surface area contributed by atoms with Gasteiger partial charge in [-0.2, -0.15) is 5.10 Å². The Labute approximate surface area is 196 Å². The topological polar surface area (TPSA) is 82.2 Å². The zero-order valence-corrected chi connectivity index (χ0v) is 19.2. The average molecular weight is 520 g/mol. The maximum atomic E-state index is 13.1. The van der Waals surface area contributed by atoms with Gasteiger partial charge in [-0.05, 0) is 48.9 Å². The van der Waals surface area contributed by atoms with E-state index in [9.17, 15) is 9.18 Å². The predicted molar refractivity (Wildman–Crippen MR) is 120 cm³/mol. The molecule has 1 N–H and O–H groups in total. The van der Waals surface area contributed by atoms with E-state index in [4.69, 9.17) is 20.9 Å². The fourth-order valence-electron chi connectivity index (χ4n) is 2.93. The Morgan fingerprint density at radius 1 is 1.22 bits per heavy atom. The highest BCUT2D eigenvalue weighted by Gasteiger charge is 2.22. The summed E-state index contributed by atoms with van der Waals surface area (Å²) >= 11 is 9.66. The maximum absolute atomic E-state index is 13.1. The minimum Gasteiger partial charge on any atom is -0.489 e. The summed E-state index contributed by atoms with van der Waals surface area (Å²) in [6, 6.07) is 13.4. The Hall–Kier alpha value is -3.17. The van der Waals surface area contributed by atoms with Crippen LogP contribution in [-0.4, -0.2) is 20.8 Å². The molecular weight excluding hydrogens is 503 g/mol. The fraction of sp³-hybridized carbons (Fsp3) is 0.136. The Bertz CT molecular complexity index is 1240. The molecule has 2 heterocycles. The molecule has 2 aromatic heterocycles. The first-order chi connectivity index (χ1) is 15.4. The molecular formula is C22H17BrClFN4O3. The van der Waals surface area contributed by atoms with Crippen LogP contribution in [0.1, 0.15) is 27.4 Å². The molecule has 0 atom stereocenters. The SMILES string of the molecule is Cc1onc(C(=O)Nc2nn(Cc3ccc(Br)cc3)cc2Cl)c1COc1ccc(F)cc1. The summed E-state index contributed by atoms with van der Waals surface area (Å²) < 4.78 is 26.5. The summed E-state index contributed by atoms with van der Waals surface area (Å²) in [6.07, 6.45) is 1.63. The van der Waals surface area contributed by atoms with Crippen molar-refractivity contribution in [3.05, 3.63) is 92.6 Å². The number of rotatable bonds is 7. The molecule has 10 heteroatoms. The van der Waals surface area contributed by atoms with Crippen LogP contribution in [0.15, 0.2) is 63.7 Å². The molecule has 0 aliphatic carbocycles. The van der Waals surface area contributed by atoms with Crippen molar-refractivity contribution in [2.24, 2.45) is 0 Å². The molecule has 1 amide bonds. The molecule has 32 heavy (non-hydrogen) atoms. The van der Waals surface area contributed by atoms with Crippen molar-refractivity contribution in [1.82, 2.24) is 14.9 Å². The van der Waals surface area contributed by atoms with Gasteiger partial charge in [0.15, 0.2) is 11.5 Å². The lowest BCUT2D eigenvalue weighted by Crippen LogP contribution is -2.16. The van der Waals surface area contributed by atoms with Crippen molar-refractivity contribution in [3.63, 3.8) is 0 Å². The number of carbonyl (C=O) groups is 1. The van der Waals surface area contributed by atoms with Crippen LogP contribution in [-0.2, 0) is 13.2 Å². The first-order valence-electron chi connectivity index (χ1n) is 9.51. The molecule has 0 aliphatic heterocycles. The van der Waals surface area contributed by atoms with Gasteiger partial charge in [0.2, 0.25) is 0 Å². The van der Waals surface area contributed by atoms with Crippen LogP contribution in [0.2, 0.25) is 5.02 Å². The molecule has 4 rings (SSSR count). The molecule has 0 saturated carbocycles. The number of carbonyl (C=O) groups excluding carboxylic acids is 1. The molecule has 0 saturated heterocycles. The van der Waals surface area contributed by atoms with Gasteiger partial charge in [0.25, 0.3) is 5.91 Å². The number of anilines is 1. The Morgan fingerprint density at radius 2 is 1.94 bits per heavy atom. The highest BCUT2D eigenvalue weighted by molar-refractivity contribution is 9.10. The second kappa shape index (κ2) is 9.54. The lowest BCUT2D eigenvalue weighted by atomic mass is 10.2. The monoisotopic (exact) mass is 518 g/mol. The van der Waals surface area contributed by atoms with Gasteiger partial charge in [-0.15, -0.1) is 0 Å². The minimum absolute atomic E-state index is 0.0233. The van der Waals surface area contributed by atoms with E-state index in [1.807, 2.05) is 24.3 Å². The van der Waals surface area contributed by atoms with E-state index in [0.29, 0.717) is 28.6 Å². The summed E-state index contributed by atoms with van der Waals surface area (Å²) in [5.74, 6) is 0.197. The van der Waals surface area contributed by atoms with Crippen molar-refractivity contribution in [2.75, 3.05) is 5.32 Å². The average Bonchev–Trinajstić information content (AvgIpc) is 3.31. The van der Waals surface area contributed by atoms with E-state index in [2.05, 4.69) is 31.5 Å². The van der Waals surface area contributed by atoms with Gasteiger partial charge >= 0.3 is 0 Å². The van der Waals surface area contributed by atoms with Gasteiger partial charge in [-0.25, -0.2) is 4.39 Å². The lowest BCUT2D eigenvalue weighted by Gasteiger charge is -2.07. The quantitative estimate of drug-likeness (QED) is 0.343. The van der Waals surface area contributed by atoms with Gasteiger partial charge in [0.1, 0.15) is 29.0 Å². The third-order valence-corrected chi connectivity index (χ3v) is 5.41. The highest BCUT2D eigenvalue weighted by atomic mass is 79.9. The number of benzene rings is 2. The summed E-state index contributed by atoms with van der Waals surface area (Å²) in [5.41, 5.74) is 1.55. The summed E-state index contributed by atoms with van der Waals surface area (Å²) in [6.45, 7) is 2.19. The largest absolute Gasteiger partial charge is 0.489 e. The van der Waals surface area contributed by atoms with Gasteiger partial charge in [-0.1, -0.05) is 44.8 Å². The number of hydrogen-bond donors (Lipinski definition) is 1. The van der Waals surface area contributed by atoms with Crippen molar-refractivity contribution < 1.29 is 18.4 Å². The Balaban J connectivity index is 1.45. The molecule has 0 spiro atoms. The number of halogens is 3. The summed E-state index contributed by atoms with van der Waals surface area (Å²) in [5, 5.41) is 11.1. The number of ether oxygens (including phenoxy) is 1. The van der Waals surface area contributed by atoms with Crippen molar-refractivity contribution in [1.29, 1.82) is 0 Å². The van der Waals surface area contributed by atoms with Crippen LogP contribution in [0.5, 0.6) is 5.75 Å². The minimum atomic E-state index is -0.532. The van der Waals surface area contributed by atoms with E-state index >= 15 is 0 Å². The van der Waals surface area contributed by atoms with E-state index in [1.165, 1.54) is 24.3 Å². The van der Waals surface area contributed by atoms with E-state index in [1.54, 1.807) is 17.8 Å². The van der Waals surface area contributed by atoms with Crippen LogP contribution in [0, 0.1) is 12.7 Å². The van der Waals surface area contributed by atoms with Crippen molar-refractivity contribution >= 4 is 39.3 Å². The zero-order chi connectivity index (χ0) is 22.7. The smallest absolute Gasteiger partial charge is 0.279 e. The summed E-state index contributed by atoms with van der Waals surface area (Å²) in [4.78, 5) is 12.8. The normalized spacial score (nSPS) is 10.9. The van der Waals surface area contributed by atoms with Gasteiger partial charge in [-0.3, -0.25) is 9.48 Å². The van der Waals surface area contributed by atoms with Crippen molar-refractivity contribution in [3.8, 4) is 5.75 Å². The zero-order valence-electron chi connectivity index (χ0n) is 16.8. The van der Waals surface area contributed by atoms with E-state index in [-0.39, 0.29) is 23.9 Å². The van der Waals surface area contributed by atoms with E-state index in [0.717, 1.165) is 10.0 Å². The number of nitrogens with zero attached hydrogens (tertiary/aromatic N) is 3. The molecule has 0 unspecified atom stereocenters. The molecule has 4 aromatic rings. The second-order valence-electron chi connectivity index (χ2n) is 6.91. The van der Waals surface area contributed by atoms with E-state index < -0.39 is 5.91 Å². The van der Waals surface area contributed by atoms with Gasteiger partial charge < -0.3 is 14.6 Å². The Kier molecular flexibility index (Phi) is 6.57.